The van der Waals surface area contributed by atoms with E-state index in [4.69, 9.17) is 4.74 Å². The molecule has 1 aliphatic heterocycles. The highest BCUT2D eigenvalue weighted by atomic mass is 16.5. The highest BCUT2D eigenvalue weighted by Crippen LogP contribution is 2.14. The van der Waals surface area contributed by atoms with E-state index in [2.05, 4.69) is 15.2 Å². The van der Waals surface area contributed by atoms with Crippen LogP contribution in [0.15, 0.2) is 24.5 Å². The number of pyridine rings is 1. The number of unbranched alkanes of at least 4 members (excludes halogenated alkanes) is 2. The molecule has 6 nitrogen and oxygen atoms in total. The first-order valence-electron chi connectivity index (χ1n) is 7.98. The summed E-state index contributed by atoms with van der Waals surface area (Å²) in [6, 6.07) is 4.08. The van der Waals surface area contributed by atoms with Crippen LogP contribution in [0.2, 0.25) is 0 Å². The highest BCUT2D eigenvalue weighted by molar-refractivity contribution is 5.74. The summed E-state index contributed by atoms with van der Waals surface area (Å²) >= 11 is 0. The molecule has 1 saturated heterocycles. The maximum absolute atomic E-state index is 12.1. The van der Waals surface area contributed by atoms with E-state index in [0.29, 0.717) is 0 Å². The fourth-order valence-corrected chi connectivity index (χ4v) is 2.58. The van der Waals surface area contributed by atoms with E-state index >= 15 is 0 Å². The Morgan fingerprint density at radius 2 is 1.91 bits per heavy atom. The Labute approximate surface area is 132 Å². The standard InChI is InChI=1S/C16H26N4O2/c1-22-14-4-2-3-7-18-16(21)20-12-10-19(11-13-20)15-5-8-17-9-6-15/h5-6,8-9H,2-4,7,10-14H2,1H3,(H,18,21). The predicted molar refractivity (Wildman–Crippen MR) is 87.1 cm³/mol. The van der Waals surface area contributed by atoms with Crippen LogP contribution in [-0.2, 0) is 4.74 Å². The summed E-state index contributed by atoms with van der Waals surface area (Å²) in [6.45, 7) is 4.80. The molecule has 6 heteroatoms. The van der Waals surface area contributed by atoms with Crippen LogP contribution in [0.25, 0.3) is 0 Å². The van der Waals surface area contributed by atoms with Gasteiger partial charge in [0.2, 0.25) is 0 Å². The van der Waals surface area contributed by atoms with Gasteiger partial charge in [-0.3, -0.25) is 4.98 Å². The third kappa shape index (κ3) is 5.18. The number of anilines is 1. The van der Waals surface area contributed by atoms with Gasteiger partial charge in [-0.05, 0) is 31.4 Å². The van der Waals surface area contributed by atoms with Crippen molar-refractivity contribution in [3.8, 4) is 0 Å². The Hall–Kier alpha value is -1.82. The molecule has 0 bridgehead atoms. The molecule has 1 fully saturated rings. The van der Waals surface area contributed by atoms with Crippen molar-refractivity contribution in [3.05, 3.63) is 24.5 Å². The molecule has 2 rings (SSSR count). The number of amides is 2. The lowest BCUT2D eigenvalue weighted by Crippen LogP contribution is -2.52. The van der Waals surface area contributed by atoms with Gasteiger partial charge in [0, 0.05) is 64.5 Å². The van der Waals surface area contributed by atoms with E-state index in [1.54, 1.807) is 19.5 Å². The summed E-state index contributed by atoms with van der Waals surface area (Å²) in [5.74, 6) is 0. The smallest absolute Gasteiger partial charge is 0.317 e. The molecule has 2 amide bonds. The van der Waals surface area contributed by atoms with Crippen LogP contribution < -0.4 is 10.2 Å². The number of rotatable bonds is 7. The second-order valence-corrected chi connectivity index (χ2v) is 5.46. The number of carbonyl (C=O) groups is 1. The number of nitrogens with one attached hydrogen (secondary N) is 1. The van der Waals surface area contributed by atoms with E-state index in [0.717, 1.165) is 58.6 Å². The van der Waals surface area contributed by atoms with E-state index < -0.39 is 0 Å². The minimum absolute atomic E-state index is 0.0566. The monoisotopic (exact) mass is 306 g/mol. The van der Waals surface area contributed by atoms with Gasteiger partial charge in [0.1, 0.15) is 0 Å². The average molecular weight is 306 g/mol. The Kier molecular flexibility index (Phi) is 6.96. The molecule has 1 aromatic rings. The Balaban J connectivity index is 1.63. The number of methoxy groups -OCH3 is 1. The molecule has 1 aliphatic rings. The summed E-state index contributed by atoms with van der Waals surface area (Å²) in [7, 11) is 1.72. The van der Waals surface area contributed by atoms with Crippen molar-refractivity contribution in [2.75, 3.05) is 51.3 Å². The van der Waals surface area contributed by atoms with Gasteiger partial charge in [0.15, 0.2) is 0 Å². The summed E-state index contributed by atoms with van der Waals surface area (Å²) in [4.78, 5) is 20.3. The van der Waals surface area contributed by atoms with E-state index in [-0.39, 0.29) is 6.03 Å². The normalized spacial score (nSPS) is 15.0. The second-order valence-electron chi connectivity index (χ2n) is 5.46. The summed E-state index contributed by atoms with van der Waals surface area (Å²) in [5.41, 5.74) is 1.17. The molecule has 0 saturated carbocycles. The molecule has 0 radical (unpaired) electrons. The van der Waals surface area contributed by atoms with Gasteiger partial charge in [-0.1, -0.05) is 0 Å². The molecule has 1 N–H and O–H groups in total. The van der Waals surface area contributed by atoms with Crippen molar-refractivity contribution < 1.29 is 9.53 Å². The maximum Gasteiger partial charge on any atom is 0.317 e. The fraction of sp³-hybridized carbons (Fsp3) is 0.625. The topological polar surface area (TPSA) is 57.7 Å². The zero-order valence-electron chi connectivity index (χ0n) is 13.3. The van der Waals surface area contributed by atoms with E-state index in [9.17, 15) is 4.79 Å². The van der Waals surface area contributed by atoms with Crippen LogP contribution in [0.3, 0.4) is 0 Å². The number of hydrogen-bond acceptors (Lipinski definition) is 4. The zero-order chi connectivity index (χ0) is 15.6. The SMILES string of the molecule is COCCCCCNC(=O)N1CCN(c2ccncc2)CC1. The lowest BCUT2D eigenvalue weighted by Gasteiger charge is -2.36. The van der Waals surface area contributed by atoms with Crippen LogP contribution in [0, 0.1) is 0 Å². The molecule has 1 aromatic heterocycles. The number of nitrogens with zero attached hydrogens (tertiary/aromatic N) is 3. The Morgan fingerprint density at radius 1 is 1.18 bits per heavy atom. The van der Waals surface area contributed by atoms with Crippen molar-refractivity contribution in [1.82, 2.24) is 15.2 Å². The highest BCUT2D eigenvalue weighted by Gasteiger charge is 2.20. The number of carbonyl (C=O) groups excluding carboxylic acids is 1. The van der Waals surface area contributed by atoms with Crippen LogP contribution in [0.5, 0.6) is 0 Å². The summed E-state index contributed by atoms with van der Waals surface area (Å²) < 4.78 is 5.01. The first kappa shape index (κ1) is 16.5. The van der Waals surface area contributed by atoms with Gasteiger partial charge in [-0.15, -0.1) is 0 Å². The molecule has 2 heterocycles. The van der Waals surface area contributed by atoms with Crippen molar-refractivity contribution in [2.45, 2.75) is 19.3 Å². The van der Waals surface area contributed by atoms with Crippen molar-refractivity contribution in [3.63, 3.8) is 0 Å². The van der Waals surface area contributed by atoms with Crippen molar-refractivity contribution in [2.24, 2.45) is 0 Å². The van der Waals surface area contributed by atoms with E-state index in [1.807, 2.05) is 17.0 Å². The van der Waals surface area contributed by atoms with Crippen LogP contribution >= 0.6 is 0 Å². The molecular formula is C16H26N4O2. The van der Waals surface area contributed by atoms with Gasteiger partial charge in [0.05, 0.1) is 0 Å². The molecular weight excluding hydrogens is 280 g/mol. The zero-order valence-corrected chi connectivity index (χ0v) is 13.3. The van der Waals surface area contributed by atoms with Crippen LogP contribution in [0.4, 0.5) is 10.5 Å². The minimum atomic E-state index is 0.0566. The summed E-state index contributed by atoms with van der Waals surface area (Å²) in [5, 5.41) is 3.00. The third-order valence-corrected chi connectivity index (χ3v) is 3.90. The molecule has 0 aliphatic carbocycles. The van der Waals surface area contributed by atoms with E-state index in [1.165, 1.54) is 5.69 Å². The lowest BCUT2D eigenvalue weighted by atomic mass is 10.2. The molecule has 0 atom stereocenters. The Bertz CT molecular complexity index is 433. The second kappa shape index (κ2) is 9.25. The maximum atomic E-state index is 12.1. The quantitative estimate of drug-likeness (QED) is 0.780. The number of ether oxygens (including phenoxy) is 1. The van der Waals surface area contributed by atoms with Gasteiger partial charge in [0.25, 0.3) is 0 Å². The van der Waals surface area contributed by atoms with Crippen molar-refractivity contribution >= 4 is 11.7 Å². The summed E-state index contributed by atoms with van der Waals surface area (Å²) in [6.07, 6.45) is 6.75. The lowest BCUT2D eigenvalue weighted by molar-refractivity contribution is 0.189. The predicted octanol–water partition coefficient (Wildman–Crippen LogP) is 1.73. The van der Waals surface area contributed by atoms with Crippen LogP contribution in [0.1, 0.15) is 19.3 Å². The average Bonchev–Trinajstić information content (AvgIpc) is 2.59. The molecule has 0 unspecified atom stereocenters. The fourth-order valence-electron chi connectivity index (χ4n) is 2.58. The Morgan fingerprint density at radius 3 is 2.59 bits per heavy atom. The third-order valence-electron chi connectivity index (χ3n) is 3.90. The van der Waals surface area contributed by atoms with Gasteiger partial charge in [-0.2, -0.15) is 0 Å². The van der Waals surface area contributed by atoms with Crippen LogP contribution in [-0.4, -0.2) is 62.4 Å². The number of hydrogen-bond donors (Lipinski definition) is 1. The molecule has 0 aromatic carbocycles. The van der Waals surface area contributed by atoms with Crippen molar-refractivity contribution in [1.29, 1.82) is 0 Å². The first-order valence-corrected chi connectivity index (χ1v) is 7.98. The first-order chi connectivity index (χ1) is 10.8. The minimum Gasteiger partial charge on any atom is -0.385 e. The molecule has 122 valence electrons. The number of piperazine rings is 1. The number of urea groups is 1. The van der Waals surface area contributed by atoms with Gasteiger partial charge >= 0.3 is 6.03 Å². The largest absolute Gasteiger partial charge is 0.385 e. The van der Waals surface area contributed by atoms with Gasteiger partial charge in [-0.25, -0.2) is 4.79 Å². The molecule has 0 spiro atoms. The van der Waals surface area contributed by atoms with Gasteiger partial charge < -0.3 is 19.9 Å². The molecule has 22 heavy (non-hydrogen) atoms. The number of aromatic nitrogens is 1.